The van der Waals surface area contributed by atoms with Crippen LogP contribution in [0.4, 0.5) is 5.69 Å². The molecule has 3 aromatic heterocycles. The number of aryl methyl sites for hydroxylation is 2. The van der Waals surface area contributed by atoms with Gasteiger partial charge in [-0.15, -0.1) is 0 Å². The summed E-state index contributed by atoms with van der Waals surface area (Å²) in [4.78, 5) is 41.3. The Morgan fingerprint density at radius 3 is 2.71 bits per heavy atom. The summed E-state index contributed by atoms with van der Waals surface area (Å²) in [5.74, 6) is -0.0374. The van der Waals surface area contributed by atoms with Gasteiger partial charge in [0, 0.05) is 12.1 Å². The number of fused-ring (bicyclic) bond motifs is 3. The molecular weight excluding hydrogens is 470 g/mol. The number of benzene rings is 2. The highest BCUT2D eigenvalue weighted by Gasteiger charge is 2.21. The van der Waals surface area contributed by atoms with Crippen LogP contribution in [-0.4, -0.2) is 26.9 Å². The van der Waals surface area contributed by atoms with E-state index in [9.17, 15) is 19.7 Å². The third-order valence-corrected chi connectivity index (χ3v) is 6.69. The Morgan fingerprint density at radius 1 is 1.20 bits per heavy atom. The van der Waals surface area contributed by atoms with Gasteiger partial charge in [-0.2, -0.15) is 0 Å². The van der Waals surface area contributed by atoms with Crippen LogP contribution in [0.1, 0.15) is 34.2 Å². The van der Waals surface area contributed by atoms with E-state index in [1.54, 1.807) is 29.5 Å². The average molecular weight is 490 g/mol. The molecule has 0 saturated carbocycles. The fraction of sp³-hybridized carbons (Fsp3) is 0.160. The van der Waals surface area contributed by atoms with Gasteiger partial charge in [-0.1, -0.05) is 11.3 Å². The number of aromatic nitrogens is 2. The largest absolute Gasteiger partial charge is 0.462 e. The van der Waals surface area contributed by atoms with Gasteiger partial charge in [0.25, 0.3) is 11.2 Å². The molecule has 0 unspecified atom stereocenters. The number of esters is 1. The molecule has 0 spiro atoms. The molecule has 0 fully saturated rings. The number of nitro benzene ring substituents is 1. The lowest BCUT2D eigenvalue weighted by Crippen LogP contribution is -2.22. The van der Waals surface area contributed by atoms with E-state index < -0.39 is 10.9 Å². The Hall–Kier alpha value is -4.31. The SMILES string of the molecule is CCOC(=O)c1ccc(-c2ccc(/C=c3\sc4nc5cc(C)c(C)cc5n4c3=O)o2)c([N+](=O)[O-])c1. The van der Waals surface area contributed by atoms with Gasteiger partial charge in [-0.3, -0.25) is 14.9 Å². The lowest BCUT2D eigenvalue weighted by Gasteiger charge is -2.04. The number of rotatable bonds is 5. The number of imidazole rings is 1. The van der Waals surface area contributed by atoms with Crippen LogP contribution in [0.5, 0.6) is 0 Å². The Kier molecular flexibility index (Phi) is 5.45. The van der Waals surface area contributed by atoms with Crippen molar-refractivity contribution in [3.8, 4) is 11.3 Å². The molecule has 0 atom stereocenters. The lowest BCUT2D eigenvalue weighted by atomic mass is 10.1. The van der Waals surface area contributed by atoms with E-state index in [0.717, 1.165) is 28.2 Å². The molecule has 0 N–H and O–H groups in total. The van der Waals surface area contributed by atoms with Crippen LogP contribution in [0.2, 0.25) is 0 Å². The van der Waals surface area contributed by atoms with Gasteiger partial charge in [0.05, 0.1) is 33.7 Å². The molecule has 5 aromatic rings. The summed E-state index contributed by atoms with van der Waals surface area (Å²) in [6.45, 7) is 5.81. The van der Waals surface area contributed by atoms with Crippen LogP contribution in [-0.2, 0) is 4.74 Å². The van der Waals surface area contributed by atoms with Gasteiger partial charge in [-0.05, 0) is 68.3 Å². The third-order valence-electron chi connectivity index (χ3n) is 5.73. The van der Waals surface area contributed by atoms with Crippen molar-refractivity contribution in [2.24, 2.45) is 0 Å². The molecule has 0 amide bonds. The number of thiazole rings is 1. The number of carbonyl (C=O) groups is 1. The van der Waals surface area contributed by atoms with Crippen LogP contribution in [0.15, 0.2) is 51.7 Å². The number of hydrogen-bond donors (Lipinski definition) is 0. The summed E-state index contributed by atoms with van der Waals surface area (Å²) in [5, 5.41) is 11.6. The average Bonchev–Trinajstić information content (AvgIpc) is 3.50. The lowest BCUT2D eigenvalue weighted by molar-refractivity contribution is -0.384. The quantitative estimate of drug-likeness (QED) is 0.204. The van der Waals surface area contributed by atoms with Gasteiger partial charge in [-0.25, -0.2) is 14.2 Å². The maximum absolute atomic E-state index is 13.1. The zero-order chi connectivity index (χ0) is 24.9. The summed E-state index contributed by atoms with van der Waals surface area (Å²) in [6, 6.07) is 11.2. The maximum Gasteiger partial charge on any atom is 0.338 e. The Bertz CT molecular complexity index is 1760. The van der Waals surface area contributed by atoms with Gasteiger partial charge >= 0.3 is 5.97 Å². The minimum Gasteiger partial charge on any atom is -0.462 e. The van der Waals surface area contributed by atoms with Crippen molar-refractivity contribution in [3.63, 3.8) is 0 Å². The molecular formula is C25H19N3O6S. The van der Waals surface area contributed by atoms with Crippen LogP contribution in [0.3, 0.4) is 0 Å². The van der Waals surface area contributed by atoms with Crippen LogP contribution in [0.25, 0.3) is 33.4 Å². The standard InChI is InChI=1S/C25H19N3O6S/c1-4-33-24(30)15-5-7-17(19(11-15)28(31)32)21-8-6-16(34-21)12-22-23(29)27-20-10-14(3)13(2)9-18(20)26-25(27)35-22/h5-12H,4H2,1-3H3/b22-12-. The van der Waals surface area contributed by atoms with E-state index in [2.05, 4.69) is 4.98 Å². The van der Waals surface area contributed by atoms with Crippen molar-refractivity contribution in [1.82, 2.24) is 9.38 Å². The van der Waals surface area contributed by atoms with E-state index in [1.807, 2.05) is 26.0 Å². The molecule has 9 nitrogen and oxygen atoms in total. The van der Waals surface area contributed by atoms with E-state index in [4.69, 9.17) is 9.15 Å². The van der Waals surface area contributed by atoms with Crippen molar-refractivity contribution in [1.29, 1.82) is 0 Å². The summed E-state index contributed by atoms with van der Waals surface area (Å²) in [5.41, 5.74) is 3.49. The molecule has 3 heterocycles. The van der Waals surface area contributed by atoms with Gasteiger partial charge in [0.2, 0.25) is 0 Å². The molecule has 176 valence electrons. The molecule has 0 radical (unpaired) electrons. The topological polar surface area (TPSA) is 117 Å². The molecule has 0 aliphatic heterocycles. The van der Waals surface area contributed by atoms with E-state index in [-0.39, 0.29) is 34.7 Å². The number of nitrogens with zero attached hydrogens (tertiary/aromatic N) is 3. The maximum atomic E-state index is 13.1. The highest BCUT2D eigenvalue weighted by Crippen LogP contribution is 2.32. The second-order valence-electron chi connectivity index (χ2n) is 7.98. The van der Waals surface area contributed by atoms with Gasteiger partial charge < -0.3 is 9.15 Å². The minimum absolute atomic E-state index is 0.0798. The Morgan fingerprint density at radius 2 is 1.97 bits per heavy atom. The minimum atomic E-state index is -0.640. The summed E-state index contributed by atoms with van der Waals surface area (Å²) >= 11 is 1.24. The number of nitro groups is 1. The normalized spacial score (nSPS) is 12.0. The highest BCUT2D eigenvalue weighted by atomic mass is 32.1. The zero-order valence-electron chi connectivity index (χ0n) is 19.0. The first-order chi connectivity index (χ1) is 16.8. The number of ether oxygens (including phenoxy) is 1. The van der Waals surface area contributed by atoms with E-state index in [0.29, 0.717) is 15.3 Å². The third kappa shape index (κ3) is 3.87. The molecule has 5 rings (SSSR count). The van der Waals surface area contributed by atoms with Crippen molar-refractivity contribution in [3.05, 3.63) is 89.9 Å². The fourth-order valence-corrected chi connectivity index (χ4v) is 4.82. The molecule has 0 bridgehead atoms. The smallest absolute Gasteiger partial charge is 0.338 e. The first-order valence-corrected chi connectivity index (χ1v) is 11.6. The van der Waals surface area contributed by atoms with Crippen LogP contribution < -0.4 is 10.1 Å². The summed E-state index contributed by atoms with van der Waals surface area (Å²) in [6.07, 6.45) is 1.59. The highest BCUT2D eigenvalue weighted by molar-refractivity contribution is 7.15. The van der Waals surface area contributed by atoms with Crippen LogP contribution >= 0.6 is 11.3 Å². The zero-order valence-corrected chi connectivity index (χ0v) is 19.8. The van der Waals surface area contributed by atoms with Crippen LogP contribution in [0, 0.1) is 24.0 Å². The second kappa shape index (κ2) is 8.48. The Labute approximate surface area is 202 Å². The Balaban J connectivity index is 1.56. The van der Waals surface area contributed by atoms with Gasteiger partial charge in [0.1, 0.15) is 16.1 Å². The first-order valence-electron chi connectivity index (χ1n) is 10.8. The van der Waals surface area contributed by atoms with Crippen molar-refractivity contribution in [2.75, 3.05) is 6.61 Å². The second-order valence-corrected chi connectivity index (χ2v) is 8.99. The number of carbonyl (C=O) groups excluding carboxylic acids is 1. The molecule has 10 heteroatoms. The molecule has 2 aromatic carbocycles. The molecule has 0 saturated heterocycles. The molecule has 0 aliphatic carbocycles. The van der Waals surface area contributed by atoms with Gasteiger partial charge in [0.15, 0.2) is 4.96 Å². The first kappa shape index (κ1) is 22.5. The number of furan rings is 1. The predicted octanol–water partition coefficient (Wildman–Crippen LogP) is 4.42. The molecule has 35 heavy (non-hydrogen) atoms. The summed E-state index contributed by atoms with van der Waals surface area (Å²) in [7, 11) is 0. The number of hydrogen-bond acceptors (Lipinski definition) is 8. The van der Waals surface area contributed by atoms with Crippen molar-refractivity contribution >= 4 is 45.1 Å². The van der Waals surface area contributed by atoms with Crippen molar-refractivity contribution in [2.45, 2.75) is 20.8 Å². The molecule has 0 aliphatic rings. The van der Waals surface area contributed by atoms with E-state index >= 15 is 0 Å². The van der Waals surface area contributed by atoms with E-state index in [1.165, 1.54) is 23.5 Å². The fourth-order valence-electron chi connectivity index (χ4n) is 3.86. The predicted molar refractivity (Wildman–Crippen MR) is 132 cm³/mol. The summed E-state index contributed by atoms with van der Waals surface area (Å²) < 4.78 is 12.8. The van der Waals surface area contributed by atoms with Crippen molar-refractivity contribution < 1.29 is 18.9 Å². The monoisotopic (exact) mass is 489 g/mol.